The highest BCUT2D eigenvalue weighted by atomic mass is 79.9. The van der Waals surface area contributed by atoms with Gasteiger partial charge in [0.25, 0.3) is 5.69 Å². The van der Waals surface area contributed by atoms with E-state index in [-0.39, 0.29) is 12.3 Å². The summed E-state index contributed by atoms with van der Waals surface area (Å²) in [6.45, 7) is 2.24. The number of nitrogens with zero attached hydrogens (tertiary/aromatic N) is 5. The third-order valence-corrected chi connectivity index (χ3v) is 4.76. The van der Waals surface area contributed by atoms with Crippen LogP contribution in [0.2, 0.25) is 0 Å². The number of piperazine rings is 1. The molecule has 1 aliphatic rings. The van der Waals surface area contributed by atoms with Crippen LogP contribution < -0.4 is 14.5 Å². The molecule has 1 aliphatic heterocycles. The molecule has 9 nitrogen and oxygen atoms in total. The molecule has 26 heavy (non-hydrogen) atoms. The maximum atomic E-state index is 11.3. The molecule has 0 atom stereocenters. The van der Waals surface area contributed by atoms with E-state index in [0.29, 0.717) is 53.7 Å². The van der Waals surface area contributed by atoms with Crippen molar-refractivity contribution in [2.45, 2.75) is 6.61 Å². The van der Waals surface area contributed by atoms with Crippen molar-refractivity contribution in [3.63, 3.8) is 0 Å². The summed E-state index contributed by atoms with van der Waals surface area (Å²) in [5, 5.41) is 20.6. The Hall–Kier alpha value is -2.46. The molecule has 0 amide bonds. The third kappa shape index (κ3) is 3.70. The van der Waals surface area contributed by atoms with E-state index in [2.05, 4.69) is 25.9 Å². The van der Waals surface area contributed by atoms with Gasteiger partial charge >= 0.3 is 0 Å². The molecule has 1 N–H and O–H groups in total. The van der Waals surface area contributed by atoms with Gasteiger partial charge in [0.2, 0.25) is 11.8 Å². The standard InChI is InChI=1S/C16H18BrN5O4/c1-26-15-12(17)9-18-16(19-15)21-6-4-20(5-7-21)14-8-11(10-23)2-3-13(14)22(24)25/h2-3,8-9,23H,4-7,10H2,1H3. The van der Waals surface area contributed by atoms with Gasteiger partial charge in [-0.1, -0.05) is 0 Å². The van der Waals surface area contributed by atoms with Crippen LogP contribution in [0.1, 0.15) is 5.56 Å². The summed E-state index contributed by atoms with van der Waals surface area (Å²) >= 11 is 3.33. The van der Waals surface area contributed by atoms with Crippen molar-refractivity contribution < 1.29 is 14.8 Å². The number of nitro groups is 1. The van der Waals surface area contributed by atoms with Gasteiger partial charge in [0.1, 0.15) is 5.69 Å². The Morgan fingerprint density at radius 2 is 2.00 bits per heavy atom. The summed E-state index contributed by atoms with van der Waals surface area (Å²) in [6, 6.07) is 4.68. The average molecular weight is 424 g/mol. The van der Waals surface area contributed by atoms with Crippen LogP contribution in [-0.4, -0.2) is 53.3 Å². The van der Waals surface area contributed by atoms with Crippen LogP contribution in [-0.2, 0) is 6.61 Å². The van der Waals surface area contributed by atoms with Gasteiger partial charge in [-0.3, -0.25) is 10.1 Å². The van der Waals surface area contributed by atoms with E-state index in [4.69, 9.17) is 4.74 Å². The Morgan fingerprint density at radius 3 is 2.62 bits per heavy atom. The molecule has 0 unspecified atom stereocenters. The van der Waals surface area contributed by atoms with Crippen LogP contribution >= 0.6 is 15.9 Å². The Morgan fingerprint density at radius 1 is 1.31 bits per heavy atom. The van der Waals surface area contributed by atoms with E-state index in [1.165, 1.54) is 6.07 Å². The quantitative estimate of drug-likeness (QED) is 0.574. The molecule has 1 aromatic heterocycles. The second kappa shape index (κ2) is 7.83. The lowest BCUT2D eigenvalue weighted by Gasteiger charge is -2.36. The fourth-order valence-corrected chi connectivity index (χ4v) is 3.21. The first-order chi connectivity index (χ1) is 12.5. The van der Waals surface area contributed by atoms with Crippen LogP contribution in [0.15, 0.2) is 28.9 Å². The number of rotatable bonds is 5. The van der Waals surface area contributed by atoms with Crippen LogP contribution in [0.4, 0.5) is 17.3 Å². The predicted molar refractivity (Wildman–Crippen MR) is 99.7 cm³/mol. The average Bonchev–Trinajstić information content (AvgIpc) is 2.68. The molecule has 1 fully saturated rings. The van der Waals surface area contributed by atoms with Gasteiger partial charge in [0.15, 0.2) is 0 Å². The molecular formula is C16H18BrN5O4. The Kier molecular flexibility index (Phi) is 5.52. The normalized spacial score (nSPS) is 14.4. The van der Waals surface area contributed by atoms with Gasteiger partial charge < -0.3 is 19.6 Å². The lowest BCUT2D eigenvalue weighted by molar-refractivity contribution is -0.384. The maximum Gasteiger partial charge on any atom is 0.292 e. The molecule has 3 rings (SSSR count). The molecule has 0 bridgehead atoms. The highest BCUT2D eigenvalue weighted by Gasteiger charge is 2.25. The summed E-state index contributed by atoms with van der Waals surface area (Å²) < 4.78 is 5.88. The molecule has 0 spiro atoms. The highest BCUT2D eigenvalue weighted by Crippen LogP contribution is 2.31. The topological polar surface area (TPSA) is 105 Å². The minimum atomic E-state index is -0.397. The minimum Gasteiger partial charge on any atom is -0.480 e. The largest absolute Gasteiger partial charge is 0.480 e. The number of anilines is 2. The van der Waals surface area contributed by atoms with Crippen LogP contribution in [0.5, 0.6) is 5.88 Å². The lowest BCUT2D eigenvalue weighted by Crippen LogP contribution is -2.47. The monoisotopic (exact) mass is 423 g/mol. The van der Waals surface area contributed by atoms with Gasteiger partial charge in [0.05, 0.1) is 29.3 Å². The van der Waals surface area contributed by atoms with Gasteiger partial charge in [-0.15, -0.1) is 0 Å². The van der Waals surface area contributed by atoms with E-state index < -0.39 is 4.92 Å². The first-order valence-electron chi connectivity index (χ1n) is 7.98. The number of hydrogen-bond donors (Lipinski definition) is 1. The number of hydrogen-bond acceptors (Lipinski definition) is 8. The van der Waals surface area contributed by atoms with E-state index in [9.17, 15) is 15.2 Å². The molecule has 10 heteroatoms. The molecule has 1 aromatic carbocycles. The van der Waals surface area contributed by atoms with Gasteiger partial charge in [-0.2, -0.15) is 4.98 Å². The van der Waals surface area contributed by atoms with Crippen LogP contribution in [0, 0.1) is 10.1 Å². The van der Waals surface area contributed by atoms with Crippen molar-refractivity contribution in [3.05, 3.63) is 44.5 Å². The van der Waals surface area contributed by atoms with Gasteiger partial charge in [-0.05, 0) is 33.6 Å². The number of methoxy groups -OCH3 is 1. The minimum absolute atomic E-state index is 0.0391. The van der Waals surface area contributed by atoms with Crippen LogP contribution in [0.25, 0.3) is 0 Å². The van der Waals surface area contributed by atoms with Crippen molar-refractivity contribution in [3.8, 4) is 5.88 Å². The molecule has 0 radical (unpaired) electrons. The molecule has 0 aliphatic carbocycles. The van der Waals surface area contributed by atoms with Crippen molar-refractivity contribution in [1.29, 1.82) is 0 Å². The second-order valence-corrected chi connectivity index (χ2v) is 6.59. The summed E-state index contributed by atoms with van der Waals surface area (Å²) in [4.78, 5) is 23.6. The molecule has 2 heterocycles. The number of ether oxygens (including phenoxy) is 1. The van der Waals surface area contributed by atoms with Gasteiger partial charge in [-0.25, -0.2) is 4.98 Å². The third-order valence-electron chi connectivity index (χ3n) is 4.21. The fourth-order valence-electron chi connectivity index (χ4n) is 2.86. The molecule has 1 saturated heterocycles. The zero-order chi connectivity index (χ0) is 18.7. The lowest BCUT2D eigenvalue weighted by atomic mass is 10.1. The zero-order valence-corrected chi connectivity index (χ0v) is 15.7. The first-order valence-corrected chi connectivity index (χ1v) is 8.77. The Balaban J connectivity index is 1.77. The first kappa shape index (κ1) is 18.3. The number of benzene rings is 1. The summed E-state index contributed by atoms with van der Waals surface area (Å²) in [6.07, 6.45) is 1.64. The second-order valence-electron chi connectivity index (χ2n) is 5.74. The van der Waals surface area contributed by atoms with Crippen molar-refractivity contribution in [1.82, 2.24) is 9.97 Å². The number of aliphatic hydroxyl groups is 1. The summed E-state index contributed by atoms with van der Waals surface area (Å²) in [5.41, 5.74) is 1.21. The summed E-state index contributed by atoms with van der Waals surface area (Å²) in [7, 11) is 1.54. The Labute approximate surface area is 158 Å². The molecule has 138 valence electrons. The van der Waals surface area contributed by atoms with E-state index >= 15 is 0 Å². The van der Waals surface area contributed by atoms with Crippen molar-refractivity contribution in [2.24, 2.45) is 0 Å². The molecular weight excluding hydrogens is 406 g/mol. The van der Waals surface area contributed by atoms with E-state index in [0.717, 1.165) is 0 Å². The van der Waals surface area contributed by atoms with Crippen LogP contribution in [0.3, 0.4) is 0 Å². The number of nitro benzene ring substituents is 1. The predicted octanol–water partition coefficient (Wildman–Crippen LogP) is 1.97. The smallest absolute Gasteiger partial charge is 0.292 e. The van der Waals surface area contributed by atoms with Crippen molar-refractivity contribution >= 4 is 33.3 Å². The number of halogens is 1. The highest BCUT2D eigenvalue weighted by molar-refractivity contribution is 9.10. The Bertz CT molecular complexity index is 811. The van der Waals surface area contributed by atoms with E-state index in [1.807, 2.05) is 9.80 Å². The number of aromatic nitrogens is 2. The fraction of sp³-hybridized carbons (Fsp3) is 0.375. The molecule has 0 saturated carbocycles. The zero-order valence-electron chi connectivity index (χ0n) is 14.1. The maximum absolute atomic E-state index is 11.3. The van der Waals surface area contributed by atoms with Crippen molar-refractivity contribution in [2.75, 3.05) is 43.1 Å². The van der Waals surface area contributed by atoms with Gasteiger partial charge in [0, 0.05) is 32.2 Å². The van der Waals surface area contributed by atoms with E-state index in [1.54, 1.807) is 25.4 Å². The number of aliphatic hydroxyl groups excluding tert-OH is 1. The summed E-state index contributed by atoms with van der Waals surface area (Å²) in [5.74, 6) is 1.02. The SMILES string of the molecule is COc1nc(N2CCN(c3cc(CO)ccc3[N+](=O)[O-])CC2)ncc1Br. The molecule has 2 aromatic rings.